The van der Waals surface area contributed by atoms with Gasteiger partial charge in [0.1, 0.15) is 29.6 Å². The number of ether oxygens (including phenoxy) is 4. The summed E-state index contributed by atoms with van der Waals surface area (Å²) in [5.41, 5.74) is 4.54. The van der Waals surface area contributed by atoms with Crippen molar-refractivity contribution in [1.82, 2.24) is 5.43 Å². The molecule has 0 aliphatic rings. The van der Waals surface area contributed by atoms with E-state index in [2.05, 4.69) is 22.7 Å². The van der Waals surface area contributed by atoms with E-state index in [0.29, 0.717) is 29.4 Å². The minimum absolute atomic E-state index is 0.319. The van der Waals surface area contributed by atoms with Crippen LogP contribution in [0.4, 0.5) is 0 Å². The molecule has 0 saturated heterocycles. The molecule has 0 spiro atoms. The monoisotopic (exact) mass is 470 g/mol. The Hall–Kier alpha value is -4.52. The van der Waals surface area contributed by atoms with Crippen molar-refractivity contribution in [2.75, 3.05) is 21.3 Å². The smallest absolute Gasteiger partial charge is 0.271 e. The van der Waals surface area contributed by atoms with Crippen molar-refractivity contribution in [2.45, 2.75) is 6.61 Å². The fourth-order valence-corrected chi connectivity index (χ4v) is 3.58. The number of hydrazone groups is 1. The highest BCUT2D eigenvalue weighted by atomic mass is 16.5. The Morgan fingerprint density at radius 1 is 0.800 bits per heavy atom. The number of hydrogen-bond acceptors (Lipinski definition) is 6. The highest BCUT2D eigenvalue weighted by Gasteiger charge is 2.10. The predicted octanol–water partition coefficient (Wildman–Crippen LogP) is 5.21. The fourth-order valence-electron chi connectivity index (χ4n) is 3.58. The van der Waals surface area contributed by atoms with Crippen molar-refractivity contribution >= 4 is 22.9 Å². The molecule has 0 saturated carbocycles. The number of hydrogen-bond donors (Lipinski definition) is 1. The summed E-state index contributed by atoms with van der Waals surface area (Å²) in [4.78, 5) is 12.5. The van der Waals surface area contributed by atoms with Crippen LogP contribution in [0.3, 0.4) is 0 Å². The third kappa shape index (κ3) is 5.89. The lowest BCUT2D eigenvalue weighted by Gasteiger charge is -2.12. The summed E-state index contributed by atoms with van der Waals surface area (Å²) in [5.74, 6) is 2.13. The van der Waals surface area contributed by atoms with E-state index >= 15 is 0 Å². The lowest BCUT2D eigenvalue weighted by molar-refractivity contribution is 0.0954. The SMILES string of the molecule is COc1cc(OC)cc(C(=O)N/N=C/c2ccc(OC)c(COc3ccc4ccccc4c3)c2)c1. The number of carbonyl (C=O) groups excluding carboxylic acids is 1. The summed E-state index contributed by atoms with van der Waals surface area (Å²) in [6.07, 6.45) is 1.56. The Morgan fingerprint density at radius 2 is 1.54 bits per heavy atom. The molecule has 0 aromatic heterocycles. The molecule has 0 unspecified atom stereocenters. The Labute approximate surface area is 203 Å². The van der Waals surface area contributed by atoms with Crippen molar-refractivity contribution in [2.24, 2.45) is 5.10 Å². The third-order valence-corrected chi connectivity index (χ3v) is 5.41. The average Bonchev–Trinajstić information content (AvgIpc) is 2.91. The van der Waals surface area contributed by atoms with Gasteiger partial charge in [0, 0.05) is 17.2 Å². The molecule has 7 nitrogen and oxygen atoms in total. The lowest BCUT2D eigenvalue weighted by Crippen LogP contribution is -2.17. The number of nitrogens with one attached hydrogen (secondary N) is 1. The highest BCUT2D eigenvalue weighted by molar-refractivity contribution is 5.95. The molecule has 1 N–H and O–H groups in total. The summed E-state index contributed by atoms with van der Waals surface area (Å²) in [7, 11) is 4.67. The zero-order valence-electron chi connectivity index (χ0n) is 19.8. The zero-order chi connectivity index (χ0) is 24.6. The first-order valence-corrected chi connectivity index (χ1v) is 10.9. The number of nitrogens with zero attached hydrogens (tertiary/aromatic N) is 1. The van der Waals surface area contributed by atoms with E-state index in [0.717, 1.165) is 27.6 Å². The summed E-state index contributed by atoms with van der Waals surface area (Å²) in [5, 5.41) is 6.36. The van der Waals surface area contributed by atoms with E-state index < -0.39 is 0 Å². The van der Waals surface area contributed by atoms with Crippen molar-refractivity contribution in [3.8, 4) is 23.0 Å². The van der Waals surface area contributed by atoms with E-state index in [1.54, 1.807) is 31.5 Å². The molecule has 4 aromatic rings. The van der Waals surface area contributed by atoms with Gasteiger partial charge in [0.05, 0.1) is 27.5 Å². The molecule has 0 aliphatic heterocycles. The quantitative estimate of drug-likeness (QED) is 0.268. The molecule has 0 fully saturated rings. The number of rotatable bonds is 9. The number of fused-ring (bicyclic) bond motifs is 1. The number of amides is 1. The second-order valence-electron chi connectivity index (χ2n) is 7.67. The Balaban J connectivity index is 1.44. The molecule has 0 heterocycles. The number of benzene rings is 4. The largest absolute Gasteiger partial charge is 0.497 e. The van der Waals surface area contributed by atoms with Crippen LogP contribution in [-0.2, 0) is 6.61 Å². The van der Waals surface area contributed by atoms with Crippen molar-refractivity contribution in [3.63, 3.8) is 0 Å². The Morgan fingerprint density at radius 3 is 2.26 bits per heavy atom. The van der Waals surface area contributed by atoms with Gasteiger partial charge in [0.25, 0.3) is 5.91 Å². The highest BCUT2D eigenvalue weighted by Crippen LogP contribution is 2.25. The van der Waals surface area contributed by atoms with Crippen LogP contribution >= 0.6 is 0 Å². The van der Waals surface area contributed by atoms with Gasteiger partial charge in [-0.2, -0.15) is 5.10 Å². The van der Waals surface area contributed by atoms with Gasteiger partial charge in [-0.3, -0.25) is 4.79 Å². The van der Waals surface area contributed by atoms with Gasteiger partial charge < -0.3 is 18.9 Å². The van der Waals surface area contributed by atoms with Crippen LogP contribution in [0.25, 0.3) is 10.8 Å². The van der Waals surface area contributed by atoms with Gasteiger partial charge in [-0.05, 0) is 58.8 Å². The molecule has 0 aliphatic carbocycles. The third-order valence-electron chi connectivity index (χ3n) is 5.41. The molecular formula is C28H26N2O5. The van der Waals surface area contributed by atoms with Crippen LogP contribution in [0.15, 0.2) is 84.0 Å². The average molecular weight is 471 g/mol. The maximum absolute atomic E-state index is 12.5. The van der Waals surface area contributed by atoms with Gasteiger partial charge in [-0.15, -0.1) is 0 Å². The van der Waals surface area contributed by atoms with Gasteiger partial charge in [-0.1, -0.05) is 30.3 Å². The molecule has 35 heavy (non-hydrogen) atoms. The summed E-state index contributed by atoms with van der Waals surface area (Å²) >= 11 is 0. The molecule has 178 valence electrons. The predicted molar refractivity (Wildman–Crippen MR) is 136 cm³/mol. The van der Waals surface area contributed by atoms with Crippen LogP contribution in [0.5, 0.6) is 23.0 Å². The summed E-state index contributed by atoms with van der Waals surface area (Å²) in [6.45, 7) is 0.319. The number of carbonyl (C=O) groups is 1. The maximum atomic E-state index is 12.5. The molecular weight excluding hydrogens is 444 g/mol. The fraction of sp³-hybridized carbons (Fsp3) is 0.143. The second-order valence-corrected chi connectivity index (χ2v) is 7.67. The minimum Gasteiger partial charge on any atom is -0.497 e. The molecule has 4 aromatic carbocycles. The second kappa shape index (κ2) is 11.1. The maximum Gasteiger partial charge on any atom is 0.271 e. The van der Waals surface area contributed by atoms with Gasteiger partial charge >= 0.3 is 0 Å². The van der Waals surface area contributed by atoms with E-state index in [1.807, 2.05) is 48.5 Å². The summed E-state index contributed by atoms with van der Waals surface area (Å²) < 4.78 is 21.9. The van der Waals surface area contributed by atoms with E-state index in [9.17, 15) is 4.79 Å². The van der Waals surface area contributed by atoms with E-state index in [4.69, 9.17) is 18.9 Å². The first-order valence-electron chi connectivity index (χ1n) is 10.9. The van der Waals surface area contributed by atoms with Gasteiger partial charge in [0.2, 0.25) is 0 Å². The van der Waals surface area contributed by atoms with Crippen molar-refractivity contribution in [1.29, 1.82) is 0 Å². The Kier molecular flexibility index (Phi) is 7.47. The summed E-state index contributed by atoms with van der Waals surface area (Å²) in [6, 6.07) is 24.6. The first kappa shape index (κ1) is 23.6. The van der Waals surface area contributed by atoms with Crippen LogP contribution < -0.4 is 24.4 Å². The zero-order valence-corrected chi connectivity index (χ0v) is 19.8. The lowest BCUT2D eigenvalue weighted by atomic mass is 10.1. The molecule has 1 amide bonds. The van der Waals surface area contributed by atoms with E-state index in [1.165, 1.54) is 14.2 Å². The molecule has 0 atom stereocenters. The molecule has 4 rings (SSSR count). The molecule has 7 heteroatoms. The van der Waals surface area contributed by atoms with Gasteiger partial charge in [0.15, 0.2) is 0 Å². The number of methoxy groups -OCH3 is 3. The first-order chi connectivity index (χ1) is 17.1. The molecule has 0 radical (unpaired) electrons. The topological polar surface area (TPSA) is 78.4 Å². The van der Waals surface area contributed by atoms with Crippen LogP contribution in [0, 0.1) is 0 Å². The van der Waals surface area contributed by atoms with Crippen LogP contribution in [0.2, 0.25) is 0 Å². The normalized spacial score (nSPS) is 10.8. The van der Waals surface area contributed by atoms with E-state index in [-0.39, 0.29) is 5.91 Å². The minimum atomic E-state index is -0.383. The van der Waals surface area contributed by atoms with Crippen molar-refractivity contribution < 1.29 is 23.7 Å². The molecule has 0 bridgehead atoms. The van der Waals surface area contributed by atoms with Gasteiger partial charge in [-0.25, -0.2) is 5.43 Å². The van der Waals surface area contributed by atoms with Crippen LogP contribution in [-0.4, -0.2) is 33.5 Å². The Bertz CT molecular complexity index is 1340. The standard InChI is InChI=1S/C28H26N2O5/c1-32-25-14-22(15-26(16-25)33-2)28(31)30-29-17-19-8-11-27(34-3)23(12-19)18-35-24-10-9-20-6-4-5-7-21(20)13-24/h4-17H,18H2,1-3H3,(H,30,31)/b29-17+. The van der Waals surface area contributed by atoms with Crippen LogP contribution in [0.1, 0.15) is 21.5 Å². The van der Waals surface area contributed by atoms with Crippen molar-refractivity contribution in [3.05, 3.63) is 95.6 Å².